The SMILES string of the molecule is CCCC(CBr)(CCC)CN1CCN(CC)CC1. The van der Waals surface area contributed by atoms with E-state index in [1.807, 2.05) is 0 Å². The topological polar surface area (TPSA) is 6.48 Å². The molecule has 18 heavy (non-hydrogen) atoms. The zero-order valence-electron chi connectivity index (χ0n) is 12.6. The maximum atomic E-state index is 3.79. The molecule has 0 aliphatic carbocycles. The molecule has 0 aromatic heterocycles. The molecule has 2 nitrogen and oxygen atoms in total. The lowest BCUT2D eigenvalue weighted by atomic mass is 9.80. The summed E-state index contributed by atoms with van der Waals surface area (Å²) in [6, 6.07) is 0. The monoisotopic (exact) mass is 318 g/mol. The molecule has 108 valence electrons. The summed E-state index contributed by atoms with van der Waals surface area (Å²) in [7, 11) is 0. The Morgan fingerprint density at radius 2 is 1.39 bits per heavy atom. The molecule has 3 heteroatoms. The Morgan fingerprint density at radius 1 is 0.889 bits per heavy atom. The summed E-state index contributed by atoms with van der Waals surface area (Å²) < 4.78 is 0. The quantitative estimate of drug-likeness (QED) is 0.631. The molecule has 0 radical (unpaired) electrons. The third-order valence-electron chi connectivity index (χ3n) is 4.32. The lowest BCUT2D eigenvalue weighted by Crippen LogP contribution is -2.50. The van der Waals surface area contributed by atoms with Crippen molar-refractivity contribution < 1.29 is 0 Å². The van der Waals surface area contributed by atoms with Crippen LogP contribution in [0.4, 0.5) is 0 Å². The van der Waals surface area contributed by atoms with Crippen LogP contribution in [0, 0.1) is 5.41 Å². The third-order valence-corrected chi connectivity index (χ3v) is 5.50. The molecule has 0 aromatic rings. The van der Waals surface area contributed by atoms with Gasteiger partial charge in [-0.2, -0.15) is 0 Å². The van der Waals surface area contributed by atoms with Gasteiger partial charge in [-0.1, -0.05) is 49.5 Å². The van der Waals surface area contributed by atoms with E-state index < -0.39 is 0 Å². The van der Waals surface area contributed by atoms with Crippen LogP contribution >= 0.6 is 15.9 Å². The van der Waals surface area contributed by atoms with Gasteiger partial charge in [-0.3, -0.25) is 0 Å². The molecule has 0 N–H and O–H groups in total. The summed E-state index contributed by atoms with van der Waals surface area (Å²) in [6.45, 7) is 14.4. The highest BCUT2D eigenvalue weighted by Crippen LogP contribution is 2.33. The molecule has 0 bridgehead atoms. The molecule has 0 aromatic carbocycles. The molecule has 1 heterocycles. The first-order chi connectivity index (χ1) is 8.69. The van der Waals surface area contributed by atoms with E-state index >= 15 is 0 Å². The molecule has 0 spiro atoms. The van der Waals surface area contributed by atoms with Crippen LogP contribution in [-0.4, -0.2) is 54.4 Å². The zero-order valence-corrected chi connectivity index (χ0v) is 14.1. The number of nitrogens with zero attached hydrogens (tertiary/aromatic N) is 2. The first-order valence-electron chi connectivity index (χ1n) is 7.70. The van der Waals surface area contributed by atoms with Gasteiger partial charge in [0.15, 0.2) is 0 Å². The van der Waals surface area contributed by atoms with Crippen LogP contribution in [0.15, 0.2) is 0 Å². The second-order valence-corrected chi connectivity index (χ2v) is 6.40. The lowest BCUT2D eigenvalue weighted by molar-refractivity contribution is 0.0870. The summed E-state index contributed by atoms with van der Waals surface area (Å²) in [4.78, 5) is 5.25. The predicted octanol–water partition coefficient (Wildman–Crippen LogP) is 3.61. The fraction of sp³-hybridized carbons (Fsp3) is 1.00. The van der Waals surface area contributed by atoms with E-state index in [2.05, 4.69) is 46.5 Å². The van der Waals surface area contributed by atoms with E-state index in [0.29, 0.717) is 5.41 Å². The molecule has 0 amide bonds. The predicted molar refractivity (Wildman–Crippen MR) is 84.6 cm³/mol. The van der Waals surface area contributed by atoms with Crippen molar-refractivity contribution in [2.75, 3.05) is 44.6 Å². The van der Waals surface area contributed by atoms with Crippen molar-refractivity contribution >= 4 is 15.9 Å². The number of likely N-dealkylation sites (N-methyl/N-ethyl adjacent to an activating group) is 1. The molecule has 1 fully saturated rings. The number of hydrogen-bond acceptors (Lipinski definition) is 2. The molecule has 1 aliphatic rings. The van der Waals surface area contributed by atoms with E-state index in [0.717, 1.165) is 5.33 Å². The van der Waals surface area contributed by atoms with Gasteiger partial charge < -0.3 is 9.80 Å². The van der Waals surface area contributed by atoms with Gasteiger partial charge in [-0.25, -0.2) is 0 Å². The van der Waals surface area contributed by atoms with Crippen molar-refractivity contribution in [1.82, 2.24) is 9.80 Å². The number of hydrogen-bond donors (Lipinski definition) is 0. The maximum Gasteiger partial charge on any atom is 0.0110 e. The lowest BCUT2D eigenvalue weighted by Gasteiger charge is -2.41. The molecule has 0 unspecified atom stereocenters. The summed E-state index contributed by atoms with van der Waals surface area (Å²) in [5.74, 6) is 0. The van der Waals surface area contributed by atoms with E-state index in [1.165, 1.54) is 65.0 Å². The van der Waals surface area contributed by atoms with Crippen molar-refractivity contribution in [3.63, 3.8) is 0 Å². The Morgan fingerprint density at radius 3 is 1.78 bits per heavy atom. The Hall–Kier alpha value is 0.400. The highest BCUT2D eigenvalue weighted by Gasteiger charge is 2.30. The minimum absolute atomic E-state index is 0.512. The van der Waals surface area contributed by atoms with Gasteiger partial charge in [-0.15, -0.1) is 0 Å². The second kappa shape index (κ2) is 8.55. The van der Waals surface area contributed by atoms with Crippen LogP contribution in [0.2, 0.25) is 0 Å². The number of alkyl halides is 1. The third kappa shape index (κ3) is 4.82. The standard InChI is InChI=1S/C15H31BrN2/c1-4-7-15(13-16,8-5-2)14-18-11-9-17(6-3)10-12-18/h4-14H2,1-3H3. The van der Waals surface area contributed by atoms with Crippen molar-refractivity contribution in [2.45, 2.75) is 46.5 Å². The highest BCUT2D eigenvalue weighted by atomic mass is 79.9. The molecular weight excluding hydrogens is 288 g/mol. The van der Waals surface area contributed by atoms with E-state index in [1.54, 1.807) is 0 Å². The largest absolute Gasteiger partial charge is 0.301 e. The van der Waals surface area contributed by atoms with E-state index in [4.69, 9.17) is 0 Å². The summed E-state index contributed by atoms with van der Waals surface area (Å²) in [6.07, 6.45) is 5.33. The molecule has 0 saturated carbocycles. The van der Waals surface area contributed by atoms with Crippen LogP contribution in [0.5, 0.6) is 0 Å². The smallest absolute Gasteiger partial charge is 0.0110 e. The minimum atomic E-state index is 0.512. The average molecular weight is 319 g/mol. The van der Waals surface area contributed by atoms with Gasteiger partial charge in [0.05, 0.1) is 0 Å². The molecule has 0 atom stereocenters. The van der Waals surface area contributed by atoms with E-state index in [-0.39, 0.29) is 0 Å². The summed E-state index contributed by atoms with van der Waals surface area (Å²) in [5, 5.41) is 1.16. The summed E-state index contributed by atoms with van der Waals surface area (Å²) >= 11 is 3.79. The Bertz CT molecular complexity index is 207. The van der Waals surface area contributed by atoms with Gasteiger partial charge in [0.2, 0.25) is 0 Å². The van der Waals surface area contributed by atoms with Gasteiger partial charge in [0.1, 0.15) is 0 Å². The van der Waals surface area contributed by atoms with Gasteiger partial charge in [0.25, 0.3) is 0 Å². The van der Waals surface area contributed by atoms with Crippen LogP contribution in [0.3, 0.4) is 0 Å². The highest BCUT2D eigenvalue weighted by molar-refractivity contribution is 9.09. The molecule has 1 rings (SSSR count). The molecule has 1 saturated heterocycles. The minimum Gasteiger partial charge on any atom is -0.301 e. The average Bonchev–Trinajstić information content (AvgIpc) is 2.40. The van der Waals surface area contributed by atoms with Crippen molar-refractivity contribution in [3.8, 4) is 0 Å². The van der Waals surface area contributed by atoms with Crippen LogP contribution in [0.25, 0.3) is 0 Å². The number of piperazine rings is 1. The molecular formula is C15H31BrN2. The van der Waals surface area contributed by atoms with Crippen LogP contribution in [0.1, 0.15) is 46.5 Å². The first-order valence-corrected chi connectivity index (χ1v) is 8.82. The zero-order chi connectivity index (χ0) is 13.4. The second-order valence-electron chi connectivity index (χ2n) is 5.84. The fourth-order valence-corrected chi connectivity index (χ4v) is 4.00. The fourth-order valence-electron chi connectivity index (χ4n) is 3.26. The normalized spacial score (nSPS) is 19.3. The van der Waals surface area contributed by atoms with E-state index in [9.17, 15) is 0 Å². The molecule has 1 aliphatic heterocycles. The Balaban J connectivity index is 2.50. The van der Waals surface area contributed by atoms with Crippen molar-refractivity contribution in [1.29, 1.82) is 0 Å². The van der Waals surface area contributed by atoms with Gasteiger partial charge >= 0.3 is 0 Å². The van der Waals surface area contributed by atoms with Crippen LogP contribution in [-0.2, 0) is 0 Å². The maximum absolute atomic E-state index is 3.79. The summed E-state index contributed by atoms with van der Waals surface area (Å²) in [5.41, 5.74) is 0.512. The van der Waals surface area contributed by atoms with Gasteiger partial charge in [0, 0.05) is 38.1 Å². The number of rotatable bonds is 8. The Kier molecular flexibility index (Phi) is 7.81. The van der Waals surface area contributed by atoms with Gasteiger partial charge in [-0.05, 0) is 24.8 Å². The van der Waals surface area contributed by atoms with Crippen LogP contribution < -0.4 is 0 Å². The van der Waals surface area contributed by atoms with Crippen molar-refractivity contribution in [3.05, 3.63) is 0 Å². The Labute approximate surface area is 122 Å². The van der Waals surface area contributed by atoms with Crippen molar-refractivity contribution in [2.24, 2.45) is 5.41 Å². The first kappa shape index (κ1) is 16.5. The number of halogens is 1.